The van der Waals surface area contributed by atoms with Crippen LogP contribution in [0.2, 0.25) is 0 Å². The van der Waals surface area contributed by atoms with Crippen LogP contribution in [0.1, 0.15) is 28.9 Å². The van der Waals surface area contributed by atoms with Crippen LogP contribution in [0.4, 0.5) is 10.1 Å². The van der Waals surface area contributed by atoms with Crippen molar-refractivity contribution >= 4 is 37.5 Å². The summed E-state index contributed by atoms with van der Waals surface area (Å²) < 4.78 is 16.4. The van der Waals surface area contributed by atoms with E-state index in [1.54, 1.807) is 12.1 Å². The Labute approximate surface area is 247 Å². The van der Waals surface area contributed by atoms with E-state index in [-0.39, 0.29) is 5.82 Å². The van der Waals surface area contributed by atoms with Crippen LogP contribution in [0.3, 0.4) is 0 Å². The van der Waals surface area contributed by atoms with Crippen molar-refractivity contribution in [1.82, 2.24) is 14.8 Å². The second-order valence-electron chi connectivity index (χ2n) is 10.1. The summed E-state index contributed by atoms with van der Waals surface area (Å²) in [5.74, 6) is -0.196. The Kier molecular flexibility index (Phi) is 9.80. The van der Waals surface area contributed by atoms with Crippen LogP contribution in [0.15, 0.2) is 99.9 Å². The molecule has 2 bridgehead atoms. The summed E-state index contributed by atoms with van der Waals surface area (Å²) in [5, 5.41) is 0. The SMILES string of the molecule is Fc1cccc(N2CCCN(Cc3cccc(Br)c3)Cc3cccc(n3)CN(Cc3cccc(Br)c3)CC2)c1. The van der Waals surface area contributed by atoms with Gasteiger partial charge in [0.15, 0.2) is 0 Å². The highest BCUT2D eigenvalue weighted by Gasteiger charge is 2.16. The molecule has 3 aromatic carbocycles. The van der Waals surface area contributed by atoms with Gasteiger partial charge in [0.05, 0.1) is 11.4 Å². The Hall–Kier alpha value is -2.58. The van der Waals surface area contributed by atoms with Crippen LogP contribution in [-0.4, -0.2) is 41.0 Å². The van der Waals surface area contributed by atoms with Gasteiger partial charge in [-0.2, -0.15) is 0 Å². The zero-order valence-corrected chi connectivity index (χ0v) is 25.1. The fraction of sp³-hybridized carbons (Fsp3) is 0.281. The van der Waals surface area contributed by atoms with Gasteiger partial charge in [-0.1, -0.05) is 68.3 Å². The maximum Gasteiger partial charge on any atom is 0.125 e. The summed E-state index contributed by atoms with van der Waals surface area (Å²) in [6.07, 6.45) is 0.968. The highest BCUT2D eigenvalue weighted by atomic mass is 79.9. The van der Waals surface area contributed by atoms with E-state index in [2.05, 4.69) is 113 Å². The molecule has 0 saturated heterocycles. The minimum absolute atomic E-state index is 0.196. The van der Waals surface area contributed by atoms with Gasteiger partial charge >= 0.3 is 0 Å². The first-order valence-corrected chi connectivity index (χ1v) is 15.0. The molecule has 0 saturated carbocycles. The summed E-state index contributed by atoms with van der Waals surface area (Å²) >= 11 is 7.23. The number of rotatable bonds is 5. The lowest BCUT2D eigenvalue weighted by Gasteiger charge is -2.30. The van der Waals surface area contributed by atoms with E-state index in [1.165, 1.54) is 17.2 Å². The lowest BCUT2D eigenvalue weighted by Crippen LogP contribution is -2.36. The minimum Gasteiger partial charge on any atom is -0.370 e. The molecule has 0 N–H and O–H groups in total. The highest BCUT2D eigenvalue weighted by molar-refractivity contribution is 9.10. The molecule has 4 aromatic rings. The van der Waals surface area contributed by atoms with Crippen LogP contribution < -0.4 is 4.90 Å². The van der Waals surface area contributed by atoms with Crippen molar-refractivity contribution in [2.75, 3.05) is 31.1 Å². The molecule has 0 unspecified atom stereocenters. The molecule has 1 aliphatic heterocycles. The number of aromatic nitrogens is 1. The zero-order chi connectivity index (χ0) is 27.0. The Balaban J connectivity index is 1.42. The van der Waals surface area contributed by atoms with Gasteiger partial charge in [0.1, 0.15) is 5.82 Å². The van der Waals surface area contributed by atoms with E-state index in [0.29, 0.717) is 0 Å². The van der Waals surface area contributed by atoms with Crippen LogP contribution in [0, 0.1) is 5.82 Å². The number of benzene rings is 3. The summed E-state index contributed by atoms with van der Waals surface area (Å²) in [6, 6.07) is 30.4. The van der Waals surface area contributed by atoms with E-state index in [1.807, 2.05) is 6.07 Å². The predicted molar refractivity (Wildman–Crippen MR) is 164 cm³/mol. The fourth-order valence-electron chi connectivity index (χ4n) is 5.17. The highest BCUT2D eigenvalue weighted by Crippen LogP contribution is 2.20. The van der Waals surface area contributed by atoms with Gasteiger partial charge in [0, 0.05) is 67.0 Å². The maximum atomic E-state index is 14.2. The Bertz CT molecular complexity index is 1380. The molecule has 5 rings (SSSR count). The summed E-state index contributed by atoms with van der Waals surface area (Å²) in [5.41, 5.74) is 5.62. The van der Waals surface area contributed by atoms with Crippen molar-refractivity contribution in [2.45, 2.75) is 32.6 Å². The standard InChI is InChI=1S/C32H33Br2FN4/c33-27-8-1-6-25(18-27)21-37-14-5-15-39(32-13-3-10-29(35)20-32)17-16-38(22-26-7-2-9-28(34)19-26)24-31-12-4-11-30(23-37)36-31/h1-4,6-13,18-20H,5,14-17,21-24H2. The normalized spacial score (nSPS) is 15.8. The van der Waals surface area contributed by atoms with E-state index in [4.69, 9.17) is 4.98 Å². The lowest BCUT2D eigenvalue weighted by atomic mass is 10.2. The van der Waals surface area contributed by atoms with Crippen molar-refractivity contribution in [3.8, 4) is 0 Å². The first kappa shape index (κ1) is 28.0. The first-order chi connectivity index (χ1) is 19.0. The quantitative estimate of drug-likeness (QED) is 0.221. The van der Waals surface area contributed by atoms with Crippen LogP contribution in [-0.2, 0) is 26.2 Å². The third-order valence-corrected chi connectivity index (χ3v) is 7.97. The summed E-state index contributed by atoms with van der Waals surface area (Å²) in [6.45, 7) is 6.63. The number of anilines is 1. The third-order valence-electron chi connectivity index (χ3n) is 6.99. The van der Waals surface area contributed by atoms with Crippen molar-refractivity contribution in [3.05, 3.63) is 128 Å². The first-order valence-electron chi connectivity index (χ1n) is 13.4. The number of halogens is 3. The summed E-state index contributed by atoms with van der Waals surface area (Å²) in [4.78, 5) is 12.3. The van der Waals surface area contributed by atoms with Crippen molar-refractivity contribution in [2.24, 2.45) is 0 Å². The Morgan fingerprint density at radius 2 is 1.23 bits per heavy atom. The van der Waals surface area contributed by atoms with Crippen molar-refractivity contribution in [1.29, 1.82) is 0 Å². The number of nitrogens with zero attached hydrogens (tertiary/aromatic N) is 4. The monoisotopic (exact) mass is 650 g/mol. The van der Waals surface area contributed by atoms with Gasteiger partial charge in [0.25, 0.3) is 0 Å². The van der Waals surface area contributed by atoms with Crippen LogP contribution in [0.25, 0.3) is 0 Å². The van der Waals surface area contributed by atoms with Crippen LogP contribution in [0.5, 0.6) is 0 Å². The molecule has 1 aromatic heterocycles. The third kappa shape index (κ3) is 8.45. The topological polar surface area (TPSA) is 22.6 Å². The van der Waals surface area contributed by atoms with Crippen molar-refractivity contribution < 1.29 is 4.39 Å². The largest absolute Gasteiger partial charge is 0.370 e. The van der Waals surface area contributed by atoms with Gasteiger partial charge in [-0.15, -0.1) is 0 Å². The van der Waals surface area contributed by atoms with E-state index in [9.17, 15) is 4.39 Å². The van der Waals surface area contributed by atoms with Gasteiger partial charge in [-0.05, 0) is 72.1 Å². The average molecular weight is 652 g/mol. The molecule has 0 amide bonds. The number of fused-ring (bicyclic) bond motifs is 2. The predicted octanol–water partition coefficient (Wildman–Crippen LogP) is 7.66. The van der Waals surface area contributed by atoms with E-state index in [0.717, 1.165) is 84.8 Å². The molecule has 39 heavy (non-hydrogen) atoms. The average Bonchev–Trinajstić information content (AvgIpc) is 2.91. The molecule has 202 valence electrons. The van der Waals surface area contributed by atoms with Crippen LogP contribution >= 0.6 is 31.9 Å². The molecular weight excluding hydrogens is 619 g/mol. The second-order valence-corrected chi connectivity index (χ2v) is 12.0. The molecular formula is C32H33Br2FN4. The molecule has 0 radical (unpaired) electrons. The smallest absolute Gasteiger partial charge is 0.125 e. The molecule has 7 heteroatoms. The summed E-state index contributed by atoms with van der Waals surface area (Å²) in [7, 11) is 0. The van der Waals surface area contributed by atoms with Gasteiger partial charge in [-0.25, -0.2) is 4.39 Å². The second kappa shape index (κ2) is 13.7. The lowest BCUT2D eigenvalue weighted by molar-refractivity contribution is 0.251. The fourth-order valence-corrected chi connectivity index (χ4v) is 6.06. The molecule has 0 aliphatic carbocycles. The molecule has 2 heterocycles. The molecule has 0 spiro atoms. The Morgan fingerprint density at radius 1 is 0.641 bits per heavy atom. The molecule has 4 nitrogen and oxygen atoms in total. The van der Waals surface area contributed by atoms with Gasteiger partial charge in [-0.3, -0.25) is 14.8 Å². The molecule has 1 aliphatic rings. The zero-order valence-electron chi connectivity index (χ0n) is 21.9. The maximum absolute atomic E-state index is 14.2. The van der Waals surface area contributed by atoms with Gasteiger partial charge < -0.3 is 4.90 Å². The van der Waals surface area contributed by atoms with E-state index < -0.39 is 0 Å². The van der Waals surface area contributed by atoms with E-state index >= 15 is 0 Å². The molecule has 0 fully saturated rings. The van der Waals surface area contributed by atoms with Gasteiger partial charge in [0.2, 0.25) is 0 Å². The van der Waals surface area contributed by atoms with Crippen molar-refractivity contribution in [3.63, 3.8) is 0 Å². The number of pyridine rings is 1. The molecule has 0 atom stereocenters. The minimum atomic E-state index is -0.196. The Morgan fingerprint density at radius 3 is 1.85 bits per heavy atom. The number of hydrogen-bond acceptors (Lipinski definition) is 4. The number of hydrogen-bond donors (Lipinski definition) is 0.